The number of aromatic nitrogens is 4. The van der Waals surface area contributed by atoms with Gasteiger partial charge in [-0.15, -0.1) is 0 Å². The molecule has 0 aliphatic carbocycles. The van der Waals surface area contributed by atoms with Gasteiger partial charge in [-0.2, -0.15) is 0 Å². The standard InChI is InChI=1S/C16H25BrN5O5PSSi/c1-16(2,3)30(4,5)27-11-10-8(6-24-28(23,29)26-10)25-14(11)22-13-9(21-15(22)17)12(18)19-7-20-13/h7-8,10-11,14H,6H2,1-5H3,(H,23,29)(H2,18,19,20)/t8?,10?,11-,14+,28+/m0/s1. The fourth-order valence-corrected chi connectivity index (χ4v) is 6.61. The molecule has 2 unspecified atom stereocenters. The number of hydrogen-bond donors (Lipinski definition) is 2. The molecule has 2 aromatic rings. The molecule has 2 aliphatic heterocycles. The third kappa shape index (κ3) is 3.87. The number of thiol groups is 1. The average molecular weight is 538 g/mol. The van der Waals surface area contributed by atoms with Crippen LogP contribution in [0.5, 0.6) is 0 Å². The van der Waals surface area contributed by atoms with E-state index in [0.29, 0.717) is 15.9 Å². The van der Waals surface area contributed by atoms with Gasteiger partial charge in [-0.3, -0.25) is 13.6 Å². The Bertz CT molecular complexity index is 1030. The lowest BCUT2D eigenvalue weighted by atomic mass is 10.1. The first kappa shape index (κ1) is 22.7. The molecule has 10 nitrogen and oxygen atoms in total. The van der Waals surface area contributed by atoms with Crippen molar-refractivity contribution in [3.8, 4) is 0 Å². The van der Waals surface area contributed by atoms with Gasteiger partial charge in [0.1, 0.15) is 24.6 Å². The molecule has 4 heterocycles. The van der Waals surface area contributed by atoms with Crippen LogP contribution in [0.3, 0.4) is 0 Å². The van der Waals surface area contributed by atoms with Crippen LogP contribution in [0.25, 0.3) is 11.2 Å². The van der Waals surface area contributed by atoms with Gasteiger partial charge in [0.2, 0.25) is 0 Å². The first-order valence-electron chi connectivity index (χ1n) is 9.44. The lowest BCUT2D eigenvalue weighted by Crippen LogP contribution is -2.50. The van der Waals surface area contributed by atoms with Crippen molar-refractivity contribution in [3.05, 3.63) is 11.1 Å². The maximum absolute atomic E-state index is 12.5. The summed E-state index contributed by atoms with van der Waals surface area (Å²) in [6.07, 6.45) is -0.967. The molecular weight excluding hydrogens is 513 g/mol. The highest BCUT2D eigenvalue weighted by Gasteiger charge is 2.56. The highest BCUT2D eigenvalue weighted by molar-refractivity contribution is 9.10. The number of anilines is 1. The van der Waals surface area contributed by atoms with Crippen molar-refractivity contribution in [2.45, 2.75) is 63.4 Å². The molecule has 0 bridgehead atoms. The summed E-state index contributed by atoms with van der Waals surface area (Å²) in [6.45, 7) is 7.29. The van der Waals surface area contributed by atoms with Crippen molar-refractivity contribution in [2.75, 3.05) is 12.3 Å². The number of ether oxygens (including phenoxy) is 1. The zero-order valence-corrected chi connectivity index (χ0v) is 21.6. The molecule has 4 rings (SSSR count). The van der Waals surface area contributed by atoms with Crippen molar-refractivity contribution < 1.29 is 22.8 Å². The molecule has 14 heteroatoms. The number of imidazole rings is 1. The second kappa shape index (κ2) is 7.51. The smallest absolute Gasteiger partial charge is 0.386 e. The molecule has 0 saturated carbocycles. The molecule has 5 atom stereocenters. The van der Waals surface area contributed by atoms with Crippen molar-refractivity contribution in [1.29, 1.82) is 0 Å². The first-order valence-corrected chi connectivity index (χ1v) is 15.8. The molecule has 0 spiro atoms. The van der Waals surface area contributed by atoms with Crippen molar-refractivity contribution in [1.82, 2.24) is 19.5 Å². The maximum atomic E-state index is 12.5. The molecule has 2 saturated heterocycles. The van der Waals surface area contributed by atoms with Crippen molar-refractivity contribution in [2.24, 2.45) is 0 Å². The normalized spacial score (nSPS) is 32.5. The van der Waals surface area contributed by atoms with Gasteiger partial charge >= 0.3 is 6.80 Å². The molecule has 2 N–H and O–H groups in total. The zero-order valence-electron chi connectivity index (χ0n) is 17.3. The third-order valence-electron chi connectivity index (χ3n) is 5.90. The number of nitrogens with zero attached hydrogens (tertiary/aromatic N) is 4. The Labute approximate surface area is 189 Å². The van der Waals surface area contributed by atoms with Gasteiger partial charge in [0, 0.05) is 0 Å². The van der Waals surface area contributed by atoms with Gasteiger partial charge in [-0.05, 0) is 34.1 Å². The second-order valence-corrected chi connectivity index (χ2v) is 17.3. The van der Waals surface area contributed by atoms with Gasteiger partial charge in [0.05, 0.1) is 6.61 Å². The van der Waals surface area contributed by atoms with E-state index < -0.39 is 39.7 Å². The van der Waals surface area contributed by atoms with Gasteiger partial charge in [-0.25, -0.2) is 19.5 Å². The number of hydrogen-bond acceptors (Lipinski definition) is 9. The Kier molecular flexibility index (Phi) is 5.67. The van der Waals surface area contributed by atoms with E-state index in [2.05, 4.69) is 77.0 Å². The summed E-state index contributed by atoms with van der Waals surface area (Å²) in [7, 11) is -2.26. The number of rotatable bonds is 3. The molecule has 0 amide bonds. The number of nitrogen functional groups attached to an aromatic ring is 1. The summed E-state index contributed by atoms with van der Waals surface area (Å²) in [5.74, 6) is 0.260. The number of nitrogens with two attached hydrogens (primary N) is 1. The molecule has 30 heavy (non-hydrogen) atoms. The van der Waals surface area contributed by atoms with Crippen molar-refractivity contribution >= 4 is 60.3 Å². The molecule has 166 valence electrons. The van der Waals surface area contributed by atoms with Gasteiger partial charge < -0.3 is 14.9 Å². The van der Waals surface area contributed by atoms with Gasteiger partial charge in [0.15, 0.2) is 36.3 Å². The molecule has 2 aliphatic rings. The SMILES string of the molecule is CC(C)(C)[Si](C)(C)O[C@H]1C2O[P@](=O)(S)OCC2O[C@H]1n1c(Br)nc2c(N)ncnc21. The Morgan fingerprint density at radius 1 is 1.40 bits per heavy atom. The quantitative estimate of drug-likeness (QED) is 0.259. The Morgan fingerprint density at radius 3 is 2.77 bits per heavy atom. The highest BCUT2D eigenvalue weighted by atomic mass is 79.9. The van der Waals surface area contributed by atoms with Crippen LogP contribution < -0.4 is 5.73 Å². The van der Waals surface area contributed by atoms with E-state index in [1.165, 1.54) is 6.33 Å². The lowest BCUT2D eigenvalue weighted by Gasteiger charge is -2.41. The van der Waals surface area contributed by atoms with E-state index in [1.54, 1.807) is 4.57 Å². The Hall–Kier alpha value is -0.533. The minimum absolute atomic E-state index is 0.0632. The fourth-order valence-electron chi connectivity index (χ4n) is 3.30. The second-order valence-electron chi connectivity index (χ2n) is 8.92. The molecule has 0 aromatic carbocycles. The number of halogens is 1. The Morgan fingerprint density at radius 2 is 2.10 bits per heavy atom. The molecule has 2 aromatic heterocycles. The third-order valence-corrected chi connectivity index (χ3v) is 12.5. The molecular formula is C16H25BrN5O5PSSi. The van der Waals surface area contributed by atoms with Gasteiger partial charge in [0.25, 0.3) is 0 Å². The van der Waals surface area contributed by atoms with Gasteiger partial charge in [-0.1, -0.05) is 33.0 Å². The summed E-state index contributed by atoms with van der Waals surface area (Å²) >= 11 is 7.54. The number of fused-ring (bicyclic) bond motifs is 2. The summed E-state index contributed by atoms with van der Waals surface area (Å²) in [5.41, 5.74) is 6.93. The predicted molar refractivity (Wildman–Crippen MR) is 121 cm³/mol. The van der Waals surface area contributed by atoms with E-state index in [4.69, 9.17) is 23.9 Å². The summed E-state index contributed by atoms with van der Waals surface area (Å²) in [5, 5.41) is -0.0632. The summed E-state index contributed by atoms with van der Waals surface area (Å²) in [6, 6.07) is 0. The fraction of sp³-hybridized carbons (Fsp3) is 0.688. The van der Waals surface area contributed by atoms with Crippen LogP contribution in [-0.4, -0.2) is 52.8 Å². The van der Waals surface area contributed by atoms with E-state index in [1.807, 2.05) is 0 Å². The largest absolute Gasteiger partial charge is 0.407 e. The van der Waals surface area contributed by atoms with Crippen LogP contribution in [-0.2, 0) is 22.8 Å². The lowest BCUT2D eigenvalue weighted by molar-refractivity contribution is -0.0564. The topological polar surface area (TPSA) is 124 Å². The first-order chi connectivity index (χ1) is 13.8. The minimum Gasteiger partial charge on any atom is -0.407 e. The van der Waals surface area contributed by atoms with Crippen LogP contribution in [0.4, 0.5) is 5.82 Å². The summed E-state index contributed by atoms with van der Waals surface area (Å²) in [4.78, 5) is 12.8. The van der Waals surface area contributed by atoms with Crippen LogP contribution in [0.2, 0.25) is 18.1 Å². The molecule has 0 radical (unpaired) electrons. The van der Waals surface area contributed by atoms with Crippen molar-refractivity contribution in [3.63, 3.8) is 0 Å². The Balaban J connectivity index is 1.81. The van der Waals surface area contributed by atoms with Crippen LogP contribution in [0.15, 0.2) is 11.1 Å². The summed E-state index contributed by atoms with van der Waals surface area (Å²) < 4.78 is 38.7. The van der Waals surface area contributed by atoms with Crippen LogP contribution in [0, 0.1) is 0 Å². The predicted octanol–water partition coefficient (Wildman–Crippen LogP) is 3.91. The van der Waals surface area contributed by atoms with E-state index in [-0.39, 0.29) is 17.5 Å². The minimum atomic E-state index is -3.50. The van der Waals surface area contributed by atoms with E-state index >= 15 is 0 Å². The molecule has 2 fully saturated rings. The maximum Gasteiger partial charge on any atom is 0.386 e. The van der Waals surface area contributed by atoms with E-state index in [9.17, 15) is 4.57 Å². The van der Waals surface area contributed by atoms with Crippen LogP contribution >= 0.6 is 35.0 Å². The monoisotopic (exact) mass is 537 g/mol. The van der Waals surface area contributed by atoms with Crippen LogP contribution in [0.1, 0.15) is 27.0 Å². The highest BCUT2D eigenvalue weighted by Crippen LogP contribution is 2.60. The zero-order chi connectivity index (χ0) is 22.1. The average Bonchev–Trinajstić information content (AvgIpc) is 3.11. The van der Waals surface area contributed by atoms with E-state index in [0.717, 1.165) is 0 Å².